The predicted molar refractivity (Wildman–Crippen MR) is 100 cm³/mol. The number of hydrazine groups is 1. The van der Waals surface area contributed by atoms with Crippen molar-refractivity contribution in [3.8, 4) is 0 Å². The fraction of sp³-hybridized carbons (Fsp3) is 0.375. The highest BCUT2D eigenvalue weighted by Crippen LogP contribution is 2.19. The molecule has 1 aromatic rings. The van der Waals surface area contributed by atoms with Crippen molar-refractivity contribution in [3.05, 3.63) is 29.3 Å². The van der Waals surface area contributed by atoms with Gasteiger partial charge in [-0.3, -0.25) is 24.7 Å². The molecule has 1 aromatic carbocycles. The molecule has 1 aliphatic rings. The third-order valence-electron chi connectivity index (χ3n) is 3.73. The first-order chi connectivity index (χ1) is 12.3. The monoisotopic (exact) mass is 398 g/mol. The van der Waals surface area contributed by atoms with Gasteiger partial charge in [0, 0.05) is 30.8 Å². The summed E-state index contributed by atoms with van der Waals surface area (Å²) < 4.78 is 0. The Morgan fingerprint density at radius 2 is 1.92 bits per heavy atom. The van der Waals surface area contributed by atoms with Crippen LogP contribution in [-0.4, -0.2) is 57.5 Å². The summed E-state index contributed by atoms with van der Waals surface area (Å²) in [6.07, 6.45) is 0.182. The molecule has 1 saturated heterocycles. The summed E-state index contributed by atoms with van der Waals surface area (Å²) in [5.74, 6) is -1.19. The van der Waals surface area contributed by atoms with Gasteiger partial charge >= 0.3 is 0 Å². The molecule has 8 nitrogen and oxygen atoms in total. The summed E-state index contributed by atoms with van der Waals surface area (Å²) in [4.78, 5) is 37.8. The third-order valence-corrected chi connectivity index (χ3v) is 4.46. The number of hydrogen-bond acceptors (Lipinski definition) is 5. The van der Waals surface area contributed by atoms with Gasteiger partial charge in [-0.15, -0.1) is 0 Å². The molecule has 1 aliphatic heterocycles. The largest absolute Gasteiger partial charge is 0.396 e. The van der Waals surface area contributed by atoms with Crippen molar-refractivity contribution in [1.29, 1.82) is 0 Å². The summed E-state index contributed by atoms with van der Waals surface area (Å²) >= 11 is 11.0. The van der Waals surface area contributed by atoms with E-state index in [1.807, 2.05) is 0 Å². The molecule has 3 N–H and O–H groups in total. The van der Waals surface area contributed by atoms with Crippen molar-refractivity contribution in [2.75, 3.05) is 19.0 Å². The van der Waals surface area contributed by atoms with E-state index in [9.17, 15) is 14.4 Å². The number of rotatable bonds is 7. The van der Waals surface area contributed by atoms with Gasteiger partial charge in [0.15, 0.2) is 5.11 Å². The van der Waals surface area contributed by atoms with Crippen LogP contribution < -0.4 is 10.7 Å². The van der Waals surface area contributed by atoms with Gasteiger partial charge in [-0.2, -0.15) is 0 Å². The number of benzene rings is 1. The average molecular weight is 399 g/mol. The summed E-state index contributed by atoms with van der Waals surface area (Å²) in [6.45, 7) is -0.121. The zero-order chi connectivity index (χ0) is 19.3. The van der Waals surface area contributed by atoms with Crippen molar-refractivity contribution >= 4 is 52.3 Å². The number of aliphatic hydroxyl groups is 1. The van der Waals surface area contributed by atoms with Crippen LogP contribution in [-0.2, 0) is 14.4 Å². The fourth-order valence-electron chi connectivity index (χ4n) is 2.38. The number of amides is 3. The SMILES string of the molecule is CN1C(=O)C(CC(=O)Nc2ccc(Cl)cc2)N(NC(=O)CCCO)C1=S. The van der Waals surface area contributed by atoms with Gasteiger partial charge in [-0.1, -0.05) is 11.6 Å². The molecule has 140 valence electrons. The zero-order valence-electron chi connectivity index (χ0n) is 14.1. The summed E-state index contributed by atoms with van der Waals surface area (Å²) in [5, 5.41) is 13.3. The Balaban J connectivity index is 2.04. The van der Waals surface area contributed by atoms with Gasteiger partial charge in [0.25, 0.3) is 5.91 Å². The Hall–Kier alpha value is -2.23. The van der Waals surface area contributed by atoms with Gasteiger partial charge in [-0.25, -0.2) is 5.01 Å². The van der Waals surface area contributed by atoms with E-state index in [4.69, 9.17) is 28.9 Å². The van der Waals surface area contributed by atoms with E-state index in [0.29, 0.717) is 10.7 Å². The third kappa shape index (κ3) is 4.90. The maximum atomic E-state index is 12.4. The van der Waals surface area contributed by atoms with Crippen LogP contribution in [0.3, 0.4) is 0 Å². The molecule has 0 saturated carbocycles. The van der Waals surface area contributed by atoms with Crippen molar-refractivity contribution in [2.24, 2.45) is 0 Å². The van der Waals surface area contributed by atoms with Crippen LogP contribution in [0.25, 0.3) is 0 Å². The van der Waals surface area contributed by atoms with Crippen molar-refractivity contribution in [2.45, 2.75) is 25.3 Å². The maximum absolute atomic E-state index is 12.4. The van der Waals surface area contributed by atoms with Crippen LogP contribution in [0, 0.1) is 0 Å². The molecule has 0 aliphatic carbocycles. The number of thiocarbonyl (C=S) groups is 1. The number of anilines is 1. The van der Waals surface area contributed by atoms with E-state index < -0.39 is 17.9 Å². The molecule has 0 spiro atoms. The molecule has 1 heterocycles. The number of likely N-dealkylation sites (N-methyl/N-ethyl adjacent to an activating group) is 1. The van der Waals surface area contributed by atoms with Gasteiger partial charge in [0.2, 0.25) is 11.8 Å². The minimum Gasteiger partial charge on any atom is -0.396 e. The van der Waals surface area contributed by atoms with E-state index in [1.54, 1.807) is 24.3 Å². The van der Waals surface area contributed by atoms with Crippen LogP contribution >= 0.6 is 23.8 Å². The minimum absolute atomic E-state index is 0.0806. The van der Waals surface area contributed by atoms with Crippen LogP contribution in [0.2, 0.25) is 5.02 Å². The quantitative estimate of drug-likeness (QED) is 0.590. The lowest BCUT2D eigenvalue weighted by Crippen LogP contribution is -2.49. The molecular formula is C16H19ClN4O4S. The lowest BCUT2D eigenvalue weighted by Gasteiger charge is -2.24. The summed E-state index contributed by atoms with van der Waals surface area (Å²) in [7, 11) is 1.48. The smallest absolute Gasteiger partial charge is 0.253 e. The molecule has 0 bridgehead atoms. The van der Waals surface area contributed by atoms with Crippen LogP contribution in [0.5, 0.6) is 0 Å². The highest BCUT2D eigenvalue weighted by molar-refractivity contribution is 7.80. The van der Waals surface area contributed by atoms with E-state index in [2.05, 4.69) is 10.7 Å². The molecule has 1 fully saturated rings. The maximum Gasteiger partial charge on any atom is 0.253 e. The number of aliphatic hydroxyl groups excluding tert-OH is 1. The molecule has 10 heteroatoms. The number of halogens is 1. The number of nitrogens with zero attached hydrogens (tertiary/aromatic N) is 2. The molecule has 1 unspecified atom stereocenters. The van der Waals surface area contributed by atoms with Crippen LogP contribution in [0.15, 0.2) is 24.3 Å². The number of nitrogens with one attached hydrogen (secondary N) is 2. The number of carbonyl (C=O) groups is 3. The van der Waals surface area contributed by atoms with E-state index in [-0.39, 0.29) is 36.9 Å². The second-order valence-corrected chi connectivity index (χ2v) is 6.49. The van der Waals surface area contributed by atoms with Gasteiger partial charge in [0.05, 0.1) is 6.42 Å². The zero-order valence-corrected chi connectivity index (χ0v) is 15.6. The van der Waals surface area contributed by atoms with Crippen molar-refractivity contribution in [3.63, 3.8) is 0 Å². The molecule has 2 rings (SSSR count). The lowest BCUT2D eigenvalue weighted by atomic mass is 10.2. The molecular weight excluding hydrogens is 380 g/mol. The Morgan fingerprint density at radius 3 is 2.54 bits per heavy atom. The van der Waals surface area contributed by atoms with Crippen LogP contribution in [0.1, 0.15) is 19.3 Å². The Kier molecular flexibility index (Phi) is 6.90. The first kappa shape index (κ1) is 20.1. The van der Waals surface area contributed by atoms with Gasteiger partial charge < -0.3 is 10.4 Å². The lowest BCUT2D eigenvalue weighted by molar-refractivity contribution is -0.132. The topological polar surface area (TPSA) is 102 Å². The van der Waals surface area contributed by atoms with Crippen LogP contribution in [0.4, 0.5) is 5.69 Å². The molecule has 0 aromatic heterocycles. The number of hydrogen-bond donors (Lipinski definition) is 3. The highest BCUT2D eigenvalue weighted by atomic mass is 35.5. The first-order valence-corrected chi connectivity index (χ1v) is 8.68. The Morgan fingerprint density at radius 1 is 1.27 bits per heavy atom. The average Bonchev–Trinajstić information content (AvgIpc) is 2.80. The minimum atomic E-state index is -0.933. The van der Waals surface area contributed by atoms with E-state index in [0.717, 1.165) is 0 Å². The molecule has 3 amide bonds. The normalized spacial score (nSPS) is 16.8. The van der Waals surface area contributed by atoms with Gasteiger partial charge in [0.1, 0.15) is 6.04 Å². The fourth-order valence-corrected chi connectivity index (χ4v) is 2.77. The molecule has 1 atom stereocenters. The highest BCUT2D eigenvalue weighted by Gasteiger charge is 2.42. The Labute approximate surface area is 161 Å². The summed E-state index contributed by atoms with van der Waals surface area (Å²) in [5.41, 5.74) is 3.07. The van der Waals surface area contributed by atoms with Crippen molar-refractivity contribution < 1.29 is 19.5 Å². The van der Waals surface area contributed by atoms with Gasteiger partial charge in [-0.05, 0) is 42.9 Å². The van der Waals surface area contributed by atoms with E-state index in [1.165, 1.54) is 17.0 Å². The number of carbonyl (C=O) groups excluding carboxylic acids is 3. The second-order valence-electron chi connectivity index (χ2n) is 5.69. The Bertz CT molecular complexity index is 713. The standard InChI is InChI=1S/C16H19ClN4O4S/c1-20-15(25)12(21(16(20)26)19-13(23)3-2-8-22)9-14(24)18-11-6-4-10(17)5-7-11/h4-7,12,22H,2-3,8-9H2,1H3,(H,18,24)(H,19,23). The van der Waals surface area contributed by atoms with E-state index >= 15 is 0 Å². The predicted octanol–water partition coefficient (Wildman–Crippen LogP) is 0.900. The first-order valence-electron chi connectivity index (χ1n) is 7.90. The second kappa shape index (κ2) is 8.93. The molecule has 0 radical (unpaired) electrons. The summed E-state index contributed by atoms with van der Waals surface area (Å²) in [6, 6.07) is 5.62. The van der Waals surface area contributed by atoms with Crippen molar-refractivity contribution in [1.82, 2.24) is 15.3 Å². The molecule has 26 heavy (non-hydrogen) atoms.